The maximum absolute atomic E-state index is 10.4. The fourth-order valence-electron chi connectivity index (χ4n) is 1.17. The van der Waals surface area contributed by atoms with Gasteiger partial charge in [0.05, 0.1) is 6.54 Å². The summed E-state index contributed by atoms with van der Waals surface area (Å²) in [6, 6.07) is 9.32. The van der Waals surface area contributed by atoms with E-state index in [1.807, 2.05) is 30.4 Å². The van der Waals surface area contributed by atoms with Gasteiger partial charge in [-0.25, -0.2) is 4.79 Å². The largest absolute Gasteiger partial charge is 0.480 e. The fourth-order valence-corrected chi connectivity index (χ4v) is 1.17. The van der Waals surface area contributed by atoms with E-state index in [1.54, 1.807) is 0 Å². The van der Waals surface area contributed by atoms with Crippen molar-refractivity contribution < 1.29 is 9.90 Å². The van der Waals surface area contributed by atoms with Crippen molar-refractivity contribution >= 4 is 5.97 Å². The summed E-state index contributed by atoms with van der Waals surface area (Å²) in [5.41, 5.74) is 1.24. The number of benzene rings is 1. The van der Waals surface area contributed by atoms with Crippen molar-refractivity contribution in [1.82, 2.24) is 0 Å². The van der Waals surface area contributed by atoms with Crippen LogP contribution in [0.5, 0.6) is 0 Å². The normalized spacial score (nSPS) is 13.2. The smallest absolute Gasteiger partial charge is 0.330 e. The van der Waals surface area contributed by atoms with Gasteiger partial charge in [0.2, 0.25) is 0 Å². The molecule has 0 heterocycles. The molecule has 1 unspecified atom stereocenters. The summed E-state index contributed by atoms with van der Waals surface area (Å²) in [4.78, 5) is 10.4. The highest BCUT2D eigenvalue weighted by Gasteiger charge is 2.06. The molecule has 0 aliphatic heterocycles. The minimum atomic E-state index is -0.956. The number of carbonyl (C=O) groups is 1. The van der Waals surface area contributed by atoms with Gasteiger partial charge in [0, 0.05) is 0 Å². The number of aliphatic carboxylic acids is 1. The Morgan fingerprint density at radius 1 is 1.35 bits per heavy atom. The van der Waals surface area contributed by atoms with Crippen molar-refractivity contribution in [3.63, 3.8) is 0 Å². The van der Waals surface area contributed by atoms with Crippen LogP contribution in [0, 0.1) is 0 Å². The molecule has 0 bridgehead atoms. The lowest BCUT2D eigenvalue weighted by Gasteiger charge is -1.95. The zero-order chi connectivity index (χ0) is 12.5. The van der Waals surface area contributed by atoms with E-state index in [1.165, 1.54) is 12.5 Å². The molecule has 0 amide bonds. The average molecular weight is 232 g/mol. The molecule has 4 heteroatoms. The van der Waals surface area contributed by atoms with Gasteiger partial charge in [-0.3, -0.25) is 0 Å². The van der Waals surface area contributed by atoms with Crippen LogP contribution in [-0.4, -0.2) is 23.7 Å². The molecule has 0 saturated carbocycles. The van der Waals surface area contributed by atoms with Gasteiger partial charge < -0.3 is 5.11 Å². The molecule has 1 atom stereocenters. The molecule has 90 valence electrons. The van der Waals surface area contributed by atoms with Gasteiger partial charge in [-0.05, 0) is 18.9 Å². The molecule has 1 aromatic carbocycles. The van der Waals surface area contributed by atoms with Crippen LogP contribution in [0.15, 0.2) is 52.7 Å². The first-order valence-electron chi connectivity index (χ1n) is 5.48. The van der Waals surface area contributed by atoms with E-state index >= 15 is 0 Å². The predicted octanol–water partition coefficient (Wildman–Crippen LogP) is 2.71. The molecule has 0 saturated heterocycles. The molecule has 0 aromatic heterocycles. The Morgan fingerprint density at radius 2 is 2.06 bits per heavy atom. The maximum Gasteiger partial charge on any atom is 0.330 e. The van der Waals surface area contributed by atoms with Crippen molar-refractivity contribution in [2.24, 2.45) is 10.2 Å². The third-order valence-corrected chi connectivity index (χ3v) is 2.16. The van der Waals surface area contributed by atoms with Crippen LogP contribution in [0.4, 0.5) is 0 Å². The minimum absolute atomic E-state index is 0.421. The number of azo groups is 1. The van der Waals surface area contributed by atoms with Crippen LogP contribution in [0.1, 0.15) is 12.5 Å². The van der Waals surface area contributed by atoms with Crippen molar-refractivity contribution in [2.45, 2.75) is 19.4 Å². The van der Waals surface area contributed by atoms with Crippen molar-refractivity contribution in [1.29, 1.82) is 0 Å². The summed E-state index contributed by atoms with van der Waals surface area (Å²) in [6.45, 7) is 1.92. The van der Waals surface area contributed by atoms with E-state index in [2.05, 4.69) is 22.4 Å². The van der Waals surface area contributed by atoms with Crippen molar-refractivity contribution in [2.75, 3.05) is 6.54 Å². The molecule has 1 N–H and O–H groups in total. The zero-order valence-electron chi connectivity index (χ0n) is 9.78. The van der Waals surface area contributed by atoms with E-state index in [4.69, 9.17) is 5.11 Å². The molecule has 0 aliphatic rings. The number of nitrogens with zero attached hydrogens (tertiary/aromatic N) is 2. The summed E-state index contributed by atoms with van der Waals surface area (Å²) in [6.07, 6.45) is 4.73. The second-order valence-corrected chi connectivity index (χ2v) is 3.61. The Morgan fingerprint density at radius 3 is 2.71 bits per heavy atom. The van der Waals surface area contributed by atoms with Crippen LogP contribution < -0.4 is 0 Å². The second kappa shape index (κ2) is 7.33. The van der Waals surface area contributed by atoms with Crippen molar-refractivity contribution in [3.05, 3.63) is 48.0 Å². The van der Waals surface area contributed by atoms with E-state index in [-0.39, 0.29) is 0 Å². The second-order valence-electron chi connectivity index (χ2n) is 3.61. The number of carboxylic acids is 1. The summed E-state index contributed by atoms with van der Waals surface area (Å²) < 4.78 is 0. The molecule has 0 spiro atoms. The lowest BCUT2D eigenvalue weighted by molar-refractivity contribution is -0.138. The summed E-state index contributed by atoms with van der Waals surface area (Å²) in [5.74, 6) is -0.956. The van der Waals surface area contributed by atoms with Crippen molar-refractivity contribution in [3.8, 4) is 0 Å². The van der Waals surface area contributed by atoms with Crippen LogP contribution in [0.3, 0.4) is 0 Å². The molecular formula is C13H16N2O2. The Balaban J connectivity index is 2.25. The van der Waals surface area contributed by atoms with Gasteiger partial charge in [-0.1, -0.05) is 42.5 Å². The van der Waals surface area contributed by atoms with Crippen LogP contribution >= 0.6 is 0 Å². The summed E-state index contributed by atoms with van der Waals surface area (Å²) in [5, 5.41) is 16.0. The Bertz CT molecular complexity index is 399. The number of carboxylic acid groups (broad SMARTS) is 1. The third kappa shape index (κ3) is 5.61. The lowest BCUT2D eigenvalue weighted by Crippen LogP contribution is -2.12. The van der Waals surface area contributed by atoms with Gasteiger partial charge in [-0.15, -0.1) is 0 Å². The van der Waals surface area contributed by atoms with Crippen LogP contribution in [-0.2, 0) is 11.2 Å². The molecule has 0 aliphatic carbocycles. The summed E-state index contributed by atoms with van der Waals surface area (Å²) >= 11 is 0. The highest BCUT2D eigenvalue weighted by Crippen LogP contribution is 2.00. The van der Waals surface area contributed by atoms with E-state index in [0.29, 0.717) is 6.54 Å². The number of allylic oxidation sites excluding steroid dienone is 1. The highest BCUT2D eigenvalue weighted by atomic mass is 16.4. The van der Waals surface area contributed by atoms with Gasteiger partial charge in [0.1, 0.15) is 0 Å². The molecule has 4 nitrogen and oxygen atoms in total. The van der Waals surface area contributed by atoms with E-state index in [9.17, 15) is 4.79 Å². The van der Waals surface area contributed by atoms with Gasteiger partial charge in [-0.2, -0.15) is 10.2 Å². The molecular weight excluding hydrogens is 216 g/mol. The number of hydrogen-bond acceptors (Lipinski definition) is 3. The highest BCUT2D eigenvalue weighted by molar-refractivity contribution is 5.72. The molecule has 1 aromatic rings. The first-order chi connectivity index (χ1) is 8.20. The monoisotopic (exact) mass is 232 g/mol. The number of hydrogen-bond donors (Lipinski definition) is 1. The Kier molecular flexibility index (Phi) is 5.64. The molecule has 17 heavy (non-hydrogen) atoms. The standard InChI is InChI=1S/C13H16N2O2/c1-11(13(16)17)15-14-10-6-5-9-12-7-3-2-4-8-12/h2-8,11H,9-10H2,1H3,(H,16,17). The van der Waals surface area contributed by atoms with Gasteiger partial charge >= 0.3 is 5.97 Å². The SMILES string of the molecule is CC(N=NCC=CCc1ccccc1)C(=O)O. The topological polar surface area (TPSA) is 62.0 Å². The molecule has 0 radical (unpaired) electrons. The molecule has 1 rings (SSSR count). The minimum Gasteiger partial charge on any atom is -0.480 e. The fraction of sp³-hybridized carbons (Fsp3) is 0.308. The Labute approximate surface area is 101 Å². The van der Waals surface area contributed by atoms with Gasteiger partial charge in [0.25, 0.3) is 0 Å². The molecule has 0 fully saturated rings. The van der Waals surface area contributed by atoms with E-state index in [0.717, 1.165) is 6.42 Å². The lowest BCUT2D eigenvalue weighted by atomic mass is 10.1. The zero-order valence-corrected chi connectivity index (χ0v) is 9.78. The predicted molar refractivity (Wildman–Crippen MR) is 66.1 cm³/mol. The first kappa shape index (κ1) is 13.1. The third-order valence-electron chi connectivity index (χ3n) is 2.16. The maximum atomic E-state index is 10.4. The Hall–Kier alpha value is -1.97. The van der Waals surface area contributed by atoms with E-state index < -0.39 is 12.0 Å². The van der Waals surface area contributed by atoms with Crippen LogP contribution in [0.25, 0.3) is 0 Å². The van der Waals surface area contributed by atoms with Crippen LogP contribution in [0.2, 0.25) is 0 Å². The quantitative estimate of drug-likeness (QED) is 0.605. The first-order valence-corrected chi connectivity index (χ1v) is 5.48. The summed E-state index contributed by atoms with van der Waals surface area (Å²) in [7, 11) is 0. The number of rotatable bonds is 6. The average Bonchev–Trinajstić information content (AvgIpc) is 2.34. The van der Waals surface area contributed by atoms with Gasteiger partial charge in [0.15, 0.2) is 6.04 Å².